The average molecular weight is 346 g/mol. The summed E-state index contributed by atoms with van der Waals surface area (Å²) in [6.07, 6.45) is 3.36. The monoisotopic (exact) mass is 346 g/mol. The molecular formula is C18H23FN4O2. The number of amides is 2. The Kier molecular flexibility index (Phi) is 5.01. The number of carbonyl (C=O) groups excluding carboxylic acids is 2. The smallest absolute Gasteiger partial charge is 0.270 e. The highest BCUT2D eigenvalue weighted by Crippen LogP contribution is 2.31. The molecule has 7 heteroatoms. The van der Waals surface area contributed by atoms with E-state index >= 15 is 0 Å². The van der Waals surface area contributed by atoms with Crippen molar-refractivity contribution in [2.24, 2.45) is 16.8 Å². The van der Waals surface area contributed by atoms with Crippen LogP contribution in [0.25, 0.3) is 0 Å². The number of hydrogen-bond donors (Lipinski definition) is 1. The number of halogens is 1. The highest BCUT2D eigenvalue weighted by atomic mass is 19.1. The minimum absolute atomic E-state index is 0.135. The van der Waals surface area contributed by atoms with Gasteiger partial charge in [-0.15, -0.1) is 0 Å². The predicted molar refractivity (Wildman–Crippen MR) is 93.5 cm³/mol. The van der Waals surface area contributed by atoms with E-state index in [4.69, 9.17) is 5.73 Å². The Morgan fingerprint density at radius 3 is 2.56 bits per heavy atom. The number of rotatable bonds is 7. The van der Waals surface area contributed by atoms with Crippen LogP contribution in [0.5, 0.6) is 0 Å². The van der Waals surface area contributed by atoms with E-state index in [1.807, 2.05) is 11.8 Å². The van der Waals surface area contributed by atoms with Crippen LogP contribution in [-0.4, -0.2) is 41.6 Å². The molecule has 0 spiro atoms. The van der Waals surface area contributed by atoms with Crippen LogP contribution in [0.15, 0.2) is 29.4 Å². The minimum atomic E-state index is -0.728. The fraction of sp³-hybridized carbons (Fsp3) is 0.500. The molecule has 1 aromatic carbocycles. The summed E-state index contributed by atoms with van der Waals surface area (Å²) in [7, 11) is 0. The fourth-order valence-electron chi connectivity index (χ4n) is 3.03. The predicted octanol–water partition coefficient (Wildman–Crippen LogP) is 1.89. The molecule has 1 aliphatic carbocycles. The maximum Gasteiger partial charge on any atom is 0.270 e. The first-order valence-corrected chi connectivity index (χ1v) is 8.70. The minimum Gasteiger partial charge on any atom is -0.368 e. The maximum atomic E-state index is 13.1. The number of hydrogen-bond acceptors (Lipinski definition) is 4. The number of primary amides is 1. The van der Waals surface area contributed by atoms with Gasteiger partial charge in [0, 0.05) is 19.5 Å². The molecule has 25 heavy (non-hydrogen) atoms. The van der Waals surface area contributed by atoms with Gasteiger partial charge < -0.3 is 10.6 Å². The summed E-state index contributed by atoms with van der Waals surface area (Å²) in [4.78, 5) is 26.5. The molecule has 1 heterocycles. The quantitative estimate of drug-likeness (QED) is 0.819. The topological polar surface area (TPSA) is 79.0 Å². The van der Waals surface area contributed by atoms with Crippen molar-refractivity contribution < 1.29 is 14.0 Å². The van der Waals surface area contributed by atoms with Gasteiger partial charge in [-0.05, 0) is 49.4 Å². The zero-order chi connectivity index (χ0) is 18.0. The number of nitrogens with zero attached hydrogens (tertiary/aromatic N) is 3. The molecule has 0 radical (unpaired) electrons. The molecule has 2 N–H and O–H groups in total. The molecular weight excluding hydrogens is 323 g/mol. The van der Waals surface area contributed by atoms with E-state index in [0.29, 0.717) is 23.9 Å². The van der Waals surface area contributed by atoms with Crippen LogP contribution in [0.3, 0.4) is 0 Å². The first-order chi connectivity index (χ1) is 12.0. The first kappa shape index (κ1) is 17.4. The summed E-state index contributed by atoms with van der Waals surface area (Å²) in [5.41, 5.74) is 6.36. The molecule has 134 valence electrons. The van der Waals surface area contributed by atoms with E-state index in [-0.39, 0.29) is 18.1 Å². The zero-order valence-electron chi connectivity index (χ0n) is 14.3. The number of nitrogens with two attached hydrogens (primary N) is 1. The lowest BCUT2D eigenvalue weighted by Gasteiger charge is -2.21. The van der Waals surface area contributed by atoms with Crippen LogP contribution in [0.4, 0.5) is 10.1 Å². The van der Waals surface area contributed by atoms with Crippen molar-refractivity contribution in [3.05, 3.63) is 30.1 Å². The molecule has 0 aromatic heterocycles. The SMILES string of the molecule is CCCN(CC1CC1)C(=O)C1=NN(c2ccc(F)cc2)C(C(N)=O)C1. The van der Waals surface area contributed by atoms with Gasteiger partial charge in [0.1, 0.15) is 17.6 Å². The lowest BCUT2D eigenvalue weighted by molar-refractivity contribution is -0.124. The maximum absolute atomic E-state index is 13.1. The number of benzene rings is 1. The van der Waals surface area contributed by atoms with Crippen molar-refractivity contribution in [3.8, 4) is 0 Å². The Morgan fingerprint density at radius 1 is 1.32 bits per heavy atom. The Morgan fingerprint density at radius 2 is 2.00 bits per heavy atom. The van der Waals surface area contributed by atoms with Crippen molar-refractivity contribution in [2.75, 3.05) is 18.1 Å². The highest BCUT2D eigenvalue weighted by molar-refractivity contribution is 6.40. The second-order valence-corrected chi connectivity index (χ2v) is 6.68. The molecule has 2 aliphatic rings. The molecule has 1 saturated carbocycles. The molecule has 2 amide bonds. The summed E-state index contributed by atoms with van der Waals surface area (Å²) in [5.74, 6) is -0.486. The van der Waals surface area contributed by atoms with Crippen LogP contribution in [-0.2, 0) is 9.59 Å². The highest BCUT2D eigenvalue weighted by Gasteiger charge is 2.37. The summed E-state index contributed by atoms with van der Waals surface area (Å²) >= 11 is 0. The molecule has 3 rings (SSSR count). The van der Waals surface area contributed by atoms with Gasteiger partial charge in [0.25, 0.3) is 5.91 Å². The van der Waals surface area contributed by atoms with Crippen LogP contribution < -0.4 is 10.7 Å². The van der Waals surface area contributed by atoms with Crippen molar-refractivity contribution >= 4 is 23.2 Å². The van der Waals surface area contributed by atoms with Gasteiger partial charge in [0.2, 0.25) is 5.91 Å². The van der Waals surface area contributed by atoms with Gasteiger partial charge in [-0.25, -0.2) is 4.39 Å². The van der Waals surface area contributed by atoms with E-state index in [2.05, 4.69) is 5.10 Å². The molecule has 1 fully saturated rings. The third-order valence-corrected chi connectivity index (χ3v) is 4.53. The van der Waals surface area contributed by atoms with Gasteiger partial charge in [0.05, 0.1) is 5.69 Å². The largest absolute Gasteiger partial charge is 0.368 e. The van der Waals surface area contributed by atoms with Gasteiger partial charge in [0.15, 0.2) is 0 Å². The number of carbonyl (C=O) groups is 2. The zero-order valence-corrected chi connectivity index (χ0v) is 14.3. The lowest BCUT2D eigenvalue weighted by Crippen LogP contribution is -2.41. The van der Waals surface area contributed by atoms with Gasteiger partial charge in [-0.1, -0.05) is 6.92 Å². The average Bonchev–Trinajstić information content (AvgIpc) is 3.29. The van der Waals surface area contributed by atoms with E-state index in [0.717, 1.165) is 25.8 Å². The van der Waals surface area contributed by atoms with E-state index in [9.17, 15) is 14.0 Å². The van der Waals surface area contributed by atoms with Crippen molar-refractivity contribution in [1.29, 1.82) is 0 Å². The Labute approximate surface area is 146 Å². The van der Waals surface area contributed by atoms with E-state index in [1.165, 1.54) is 29.3 Å². The lowest BCUT2D eigenvalue weighted by atomic mass is 10.1. The van der Waals surface area contributed by atoms with Crippen LogP contribution in [0.2, 0.25) is 0 Å². The summed E-state index contributed by atoms with van der Waals surface area (Å²) in [6.45, 7) is 3.44. The standard InChI is InChI=1S/C18H23FN4O2/c1-2-9-22(11-12-3-4-12)18(25)15-10-16(17(20)24)23(21-15)14-7-5-13(19)6-8-14/h5-8,12,16H,2-4,9-11H2,1H3,(H2,20,24). The summed E-state index contributed by atoms with van der Waals surface area (Å²) in [6, 6.07) is 4.90. The third-order valence-electron chi connectivity index (χ3n) is 4.53. The second-order valence-electron chi connectivity index (χ2n) is 6.68. The molecule has 1 unspecified atom stereocenters. The van der Waals surface area contributed by atoms with Crippen molar-refractivity contribution in [2.45, 2.75) is 38.6 Å². The van der Waals surface area contributed by atoms with Gasteiger partial charge in [-0.3, -0.25) is 14.6 Å². The Bertz CT molecular complexity index is 685. The Balaban J connectivity index is 1.82. The molecule has 1 aromatic rings. The van der Waals surface area contributed by atoms with E-state index in [1.54, 1.807) is 0 Å². The summed E-state index contributed by atoms with van der Waals surface area (Å²) < 4.78 is 13.1. The summed E-state index contributed by atoms with van der Waals surface area (Å²) in [5, 5.41) is 5.78. The molecule has 0 saturated heterocycles. The van der Waals surface area contributed by atoms with Crippen LogP contribution in [0, 0.1) is 11.7 Å². The van der Waals surface area contributed by atoms with Crippen LogP contribution >= 0.6 is 0 Å². The fourth-order valence-corrected chi connectivity index (χ4v) is 3.03. The third kappa shape index (κ3) is 3.97. The van der Waals surface area contributed by atoms with Crippen molar-refractivity contribution in [1.82, 2.24) is 4.90 Å². The molecule has 6 nitrogen and oxygen atoms in total. The first-order valence-electron chi connectivity index (χ1n) is 8.70. The normalized spacial score (nSPS) is 19.7. The van der Waals surface area contributed by atoms with Crippen LogP contribution in [0.1, 0.15) is 32.6 Å². The molecule has 1 atom stereocenters. The van der Waals surface area contributed by atoms with Gasteiger partial charge >= 0.3 is 0 Å². The second kappa shape index (κ2) is 7.21. The van der Waals surface area contributed by atoms with Gasteiger partial charge in [-0.2, -0.15) is 5.10 Å². The molecule has 1 aliphatic heterocycles. The number of hydrazone groups is 1. The van der Waals surface area contributed by atoms with E-state index < -0.39 is 11.9 Å². The van der Waals surface area contributed by atoms with Crippen molar-refractivity contribution in [3.63, 3.8) is 0 Å². The molecule has 0 bridgehead atoms. The Hall–Kier alpha value is -2.44. The number of anilines is 1.